The highest BCUT2D eigenvalue weighted by Crippen LogP contribution is 2.20. The van der Waals surface area contributed by atoms with E-state index in [0.717, 1.165) is 11.8 Å². The summed E-state index contributed by atoms with van der Waals surface area (Å²) in [6, 6.07) is 0. The number of unbranched alkanes of at least 4 members (excludes halogenated alkanes) is 1. The van der Waals surface area contributed by atoms with Crippen molar-refractivity contribution in [1.82, 2.24) is 10.2 Å². The molecular formula is C16H34N2. The molecule has 0 saturated carbocycles. The van der Waals surface area contributed by atoms with E-state index in [1.165, 1.54) is 71.2 Å². The van der Waals surface area contributed by atoms with Crippen molar-refractivity contribution in [3.8, 4) is 0 Å². The first-order chi connectivity index (χ1) is 8.72. The van der Waals surface area contributed by atoms with Crippen LogP contribution < -0.4 is 5.32 Å². The lowest BCUT2D eigenvalue weighted by atomic mass is 9.98. The first-order valence-electron chi connectivity index (χ1n) is 8.15. The van der Waals surface area contributed by atoms with Crippen LogP contribution in [0.5, 0.6) is 0 Å². The van der Waals surface area contributed by atoms with Crippen LogP contribution in [0.2, 0.25) is 0 Å². The van der Waals surface area contributed by atoms with Crippen LogP contribution in [0.25, 0.3) is 0 Å². The van der Waals surface area contributed by atoms with Crippen LogP contribution in [0.3, 0.4) is 0 Å². The summed E-state index contributed by atoms with van der Waals surface area (Å²) in [6.07, 6.45) is 8.39. The van der Waals surface area contributed by atoms with Crippen LogP contribution in [0.1, 0.15) is 59.3 Å². The molecule has 0 aromatic rings. The standard InChI is InChI=1S/C16H34N2/c1-4-16-8-7-12-18(13-9-16)11-6-5-10-17-14-15(2)3/h15-17H,4-14H2,1-3H3. The van der Waals surface area contributed by atoms with Crippen LogP contribution in [0.4, 0.5) is 0 Å². The van der Waals surface area contributed by atoms with Gasteiger partial charge in [-0.25, -0.2) is 0 Å². The quantitative estimate of drug-likeness (QED) is 0.667. The molecule has 2 nitrogen and oxygen atoms in total. The van der Waals surface area contributed by atoms with E-state index in [9.17, 15) is 0 Å². The average molecular weight is 254 g/mol. The fraction of sp³-hybridized carbons (Fsp3) is 1.00. The molecule has 1 aliphatic rings. The molecule has 1 rings (SSSR count). The minimum atomic E-state index is 0.779. The second-order valence-corrected chi connectivity index (χ2v) is 6.35. The monoisotopic (exact) mass is 254 g/mol. The van der Waals surface area contributed by atoms with Gasteiger partial charge in [-0.1, -0.05) is 27.2 Å². The molecule has 1 heterocycles. The maximum absolute atomic E-state index is 3.53. The fourth-order valence-electron chi connectivity index (χ4n) is 2.83. The van der Waals surface area contributed by atoms with Crippen molar-refractivity contribution < 1.29 is 0 Å². The minimum absolute atomic E-state index is 0.779. The number of rotatable bonds is 8. The molecular weight excluding hydrogens is 220 g/mol. The molecule has 2 heteroatoms. The summed E-state index contributed by atoms with van der Waals surface area (Å²) in [7, 11) is 0. The first-order valence-corrected chi connectivity index (χ1v) is 8.15. The highest BCUT2D eigenvalue weighted by Gasteiger charge is 2.14. The number of hydrogen-bond donors (Lipinski definition) is 1. The van der Waals surface area contributed by atoms with E-state index in [2.05, 4.69) is 31.0 Å². The van der Waals surface area contributed by atoms with Crippen molar-refractivity contribution in [2.45, 2.75) is 59.3 Å². The summed E-state index contributed by atoms with van der Waals surface area (Å²) >= 11 is 0. The molecule has 0 aliphatic carbocycles. The zero-order valence-corrected chi connectivity index (χ0v) is 12.9. The van der Waals surface area contributed by atoms with Crippen LogP contribution in [0.15, 0.2) is 0 Å². The summed E-state index contributed by atoms with van der Waals surface area (Å²) in [6.45, 7) is 13.3. The smallest absolute Gasteiger partial charge is 0.00161 e. The van der Waals surface area contributed by atoms with Crippen molar-refractivity contribution in [3.05, 3.63) is 0 Å². The highest BCUT2D eigenvalue weighted by molar-refractivity contribution is 4.69. The molecule has 1 fully saturated rings. The predicted octanol–water partition coefficient (Wildman–Crippen LogP) is 3.52. The number of nitrogens with zero attached hydrogens (tertiary/aromatic N) is 1. The largest absolute Gasteiger partial charge is 0.316 e. The predicted molar refractivity (Wildman–Crippen MR) is 81.0 cm³/mol. The Balaban J connectivity index is 1.98. The van der Waals surface area contributed by atoms with Gasteiger partial charge in [0.05, 0.1) is 0 Å². The van der Waals surface area contributed by atoms with Gasteiger partial charge in [0, 0.05) is 0 Å². The van der Waals surface area contributed by atoms with Crippen LogP contribution in [0, 0.1) is 11.8 Å². The number of nitrogens with one attached hydrogen (secondary N) is 1. The Hall–Kier alpha value is -0.0800. The third-order valence-corrected chi connectivity index (χ3v) is 4.15. The summed E-state index contributed by atoms with van der Waals surface area (Å²) in [5, 5.41) is 3.53. The SMILES string of the molecule is CCC1CCCN(CCCCNCC(C)C)CC1. The lowest BCUT2D eigenvalue weighted by molar-refractivity contribution is 0.273. The molecule has 0 aromatic carbocycles. The van der Waals surface area contributed by atoms with Gasteiger partial charge < -0.3 is 10.2 Å². The normalized spacial score (nSPS) is 22.3. The van der Waals surface area contributed by atoms with Crippen molar-refractivity contribution in [1.29, 1.82) is 0 Å². The molecule has 1 N–H and O–H groups in total. The van der Waals surface area contributed by atoms with E-state index in [1.807, 2.05) is 0 Å². The third kappa shape index (κ3) is 7.38. The maximum Gasteiger partial charge on any atom is -0.00161 e. The van der Waals surface area contributed by atoms with Crippen molar-refractivity contribution in [3.63, 3.8) is 0 Å². The van der Waals surface area contributed by atoms with E-state index in [1.54, 1.807) is 0 Å². The Morgan fingerprint density at radius 2 is 2.00 bits per heavy atom. The van der Waals surface area contributed by atoms with Crippen molar-refractivity contribution in [2.24, 2.45) is 11.8 Å². The average Bonchev–Trinajstić information content (AvgIpc) is 2.58. The Morgan fingerprint density at radius 1 is 1.17 bits per heavy atom. The maximum atomic E-state index is 3.53. The molecule has 108 valence electrons. The third-order valence-electron chi connectivity index (χ3n) is 4.15. The second-order valence-electron chi connectivity index (χ2n) is 6.35. The van der Waals surface area contributed by atoms with Crippen LogP contribution in [-0.2, 0) is 0 Å². The van der Waals surface area contributed by atoms with Gasteiger partial charge in [0.25, 0.3) is 0 Å². The molecule has 0 radical (unpaired) electrons. The Morgan fingerprint density at radius 3 is 2.72 bits per heavy atom. The Labute approximate surface area is 115 Å². The van der Waals surface area contributed by atoms with E-state index >= 15 is 0 Å². The zero-order chi connectivity index (χ0) is 13.2. The van der Waals surface area contributed by atoms with E-state index in [0.29, 0.717) is 0 Å². The van der Waals surface area contributed by atoms with Crippen LogP contribution in [-0.4, -0.2) is 37.6 Å². The summed E-state index contributed by atoms with van der Waals surface area (Å²) in [5.74, 6) is 1.78. The lowest BCUT2D eigenvalue weighted by Gasteiger charge is -2.20. The highest BCUT2D eigenvalue weighted by atomic mass is 15.1. The van der Waals surface area contributed by atoms with Gasteiger partial charge >= 0.3 is 0 Å². The molecule has 1 unspecified atom stereocenters. The van der Waals surface area contributed by atoms with Gasteiger partial charge in [-0.3, -0.25) is 0 Å². The van der Waals surface area contributed by atoms with E-state index in [4.69, 9.17) is 0 Å². The van der Waals surface area contributed by atoms with Crippen molar-refractivity contribution in [2.75, 3.05) is 32.7 Å². The Bertz CT molecular complexity index is 192. The molecule has 0 amide bonds. The first kappa shape index (κ1) is 16.0. The Kier molecular flexibility index (Phi) is 8.70. The van der Waals surface area contributed by atoms with Gasteiger partial charge in [0.1, 0.15) is 0 Å². The zero-order valence-electron chi connectivity index (χ0n) is 12.9. The van der Waals surface area contributed by atoms with Gasteiger partial charge in [0.15, 0.2) is 0 Å². The molecule has 0 aromatic heterocycles. The number of hydrogen-bond acceptors (Lipinski definition) is 2. The summed E-state index contributed by atoms with van der Waals surface area (Å²) in [5.41, 5.74) is 0. The summed E-state index contributed by atoms with van der Waals surface area (Å²) in [4.78, 5) is 2.69. The summed E-state index contributed by atoms with van der Waals surface area (Å²) < 4.78 is 0. The van der Waals surface area contributed by atoms with Gasteiger partial charge in [-0.15, -0.1) is 0 Å². The fourth-order valence-corrected chi connectivity index (χ4v) is 2.83. The van der Waals surface area contributed by atoms with Crippen molar-refractivity contribution >= 4 is 0 Å². The lowest BCUT2D eigenvalue weighted by Crippen LogP contribution is -2.27. The molecule has 1 aliphatic heterocycles. The van der Waals surface area contributed by atoms with E-state index in [-0.39, 0.29) is 0 Å². The molecule has 0 bridgehead atoms. The topological polar surface area (TPSA) is 15.3 Å². The molecule has 18 heavy (non-hydrogen) atoms. The minimum Gasteiger partial charge on any atom is -0.316 e. The van der Waals surface area contributed by atoms with Gasteiger partial charge in [-0.2, -0.15) is 0 Å². The van der Waals surface area contributed by atoms with Crippen LogP contribution >= 0.6 is 0 Å². The molecule has 1 atom stereocenters. The van der Waals surface area contributed by atoms with Gasteiger partial charge in [0.2, 0.25) is 0 Å². The molecule has 0 spiro atoms. The number of likely N-dealkylation sites (tertiary alicyclic amines) is 1. The molecule has 1 saturated heterocycles. The van der Waals surface area contributed by atoms with E-state index < -0.39 is 0 Å². The second kappa shape index (κ2) is 9.80. The van der Waals surface area contributed by atoms with Gasteiger partial charge in [-0.05, 0) is 76.7 Å².